The molecule has 1 aliphatic carbocycles. The third-order valence-electron chi connectivity index (χ3n) is 3.54. The second-order valence-corrected chi connectivity index (χ2v) is 5.03. The van der Waals surface area contributed by atoms with Crippen LogP contribution in [0.3, 0.4) is 0 Å². The van der Waals surface area contributed by atoms with E-state index in [4.69, 9.17) is 4.74 Å². The molecule has 2 rings (SSSR count). The topological polar surface area (TPSA) is 26.3 Å². The molecule has 0 aliphatic heterocycles. The van der Waals surface area contributed by atoms with Gasteiger partial charge in [-0.1, -0.05) is 43.3 Å². The molecule has 1 aliphatic rings. The van der Waals surface area contributed by atoms with Crippen LogP contribution in [0, 0.1) is 0 Å². The summed E-state index contributed by atoms with van der Waals surface area (Å²) in [5.74, 6) is 0.0751. The lowest BCUT2D eigenvalue weighted by Crippen LogP contribution is -2.28. The molecule has 0 amide bonds. The molecule has 1 saturated carbocycles. The second-order valence-electron chi connectivity index (χ2n) is 5.03. The fourth-order valence-corrected chi connectivity index (χ4v) is 2.56. The molecule has 96 valence electrons. The zero-order valence-electron chi connectivity index (χ0n) is 10.9. The Labute approximate surface area is 109 Å². The van der Waals surface area contributed by atoms with E-state index in [-0.39, 0.29) is 12.1 Å². The van der Waals surface area contributed by atoms with Crippen LogP contribution in [0.1, 0.15) is 44.1 Å². The molecule has 0 unspecified atom stereocenters. The van der Waals surface area contributed by atoms with Gasteiger partial charge in [0.15, 0.2) is 0 Å². The number of carbonyl (C=O) groups excluding carboxylic acids is 1. The predicted octanol–water partition coefficient (Wildman–Crippen LogP) is 3.83. The molecule has 0 radical (unpaired) electrons. The minimum absolute atomic E-state index is 0.00495. The first kappa shape index (κ1) is 12.9. The van der Waals surface area contributed by atoms with Crippen molar-refractivity contribution in [2.75, 3.05) is 0 Å². The van der Waals surface area contributed by atoms with Gasteiger partial charge in [0.1, 0.15) is 6.10 Å². The molecule has 0 aromatic heterocycles. The summed E-state index contributed by atoms with van der Waals surface area (Å²) in [6, 6.07) is 10.3. The summed E-state index contributed by atoms with van der Waals surface area (Å²) in [6.07, 6.45) is 4.40. The van der Waals surface area contributed by atoms with Crippen LogP contribution in [-0.4, -0.2) is 12.1 Å². The lowest BCUT2D eigenvalue weighted by Gasteiger charge is -2.31. The summed E-state index contributed by atoms with van der Waals surface area (Å²) in [6.45, 7) is 5.34. The van der Waals surface area contributed by atoms with Gasteiger partial charge in [0.05, 0.1) is 0 Å². The van der Waals surface area contributed by atoms with E-state index in [1.54, 1.807) is 6.92 Å². The van der Waals surface area contributed by atoms with Crippen LogP contribution in [0.4, 0.5) is 0 Å². The van der Waals surface area contributed by atoms with Crippen LogP contribution < -0.4 is 0 Å². The van der Waals surface area contributed by atoms with E-state index in [1.807, 2.05) is 18.2 Å². The molecule has 18 heavy (non-hydrogen) atoms. The van der Waals surface area contributed by atoms with Crippen molar-refractivity contribution in [3.8, 4) is 0 Å². The van der Waals surface area contributed by atoms with Gasteiger partial charge < -0.3 is 4.74 Å². The van der Waals surface area contributed by atoms with Crippen LogP contribution in [0.15, 0.2) is 42.5 Å². The largest absolute Gasteiger partial charge is 0.458 e. The Morgan fingerprint density at radius 1 is 1.22 bits per heavy atom. The maximum absolute atomic E-state index is 11.7. The Hall–Kier alpha value is -1.57. The zero-order valence-corrected chi connectivity index (χ0v) is 10.9. The van der Waals surface area contributed by atoms with Crippen molar-refractivity contribution < 1.29 is 9.53 Å². The van der Waals surface area contributed by atoms with E-state index in [1.165, 1.54) is 12.0 Å². The highest BCUT2D eigenvalue weighted by Gasteiger charge is 2.29. The maximum Gasteiger partial charge on any atom is 0.333 e. The van der Waals surface area contributed by atoms with Crippen LogP contribution in [0.25, 0.3) is 0 Å². The van der Waals surface area contributed by atoms with Crippen molar-refractivity contribution in [3.63, 3.8) is 0 Å². The Balaban J connectivity index is 2.11. The summed E-state index contributed by atoms with van der Waals surface area (Å²) in [5.41, 5.74) is 1.75. The molecule has 0 heterocycles. The highest BCUT2D eigenvalue weighted by Crippen LogP contribution is 2.35. The van der Waals surface area contributed by atoms with E-state index in [0.717, 1.165) is 19.3 Å². The maximum atomic E-state index is 11.7. The van der Waals surface area contributed by atoms with Gasteiger partial charge in [0.25, 0.3) is 0 Å². The first-order valence-corrected chi connectivity index (χ1v) is 6.60. The fourth-order valence-electron chi connectivity index (χ4n) is 2.56. The monoisotopic (exact) mass is 244 g/mol. The van der Waals surface area contributed by atoms with Crippen molar-refractivity contribution in [1.29, 1.82) is 0 Å². The molecule has 2 nitrogen and oxygen atoms in total. The van der Waals surface area contributed by atoms with E-state index >= 15 is 0 Å². The van der Waals surface area contributed by atoms with Gasteiger partial charge in [-0.15, -0.1) is 0 Å². The molecule has 0 saturated heterocycles. The van der Waals surface area contributed by atoms with Gasteiger partial charge in [0, 0.05) is 11.5 Å². The van der Waals surface area contributed by atoms with Crippen molar-refractivity contribution in [2.45, 2.75) is 44.6 Å². The molecule has 2 heteroatoms. The number of hydrogen-bond donors (Lipinski definition) is 0. The van der Waals surface area contributed by atoms with Crippen LogP contribution in [0.2, 0.25) is 0 Å². The van der Waals surface area contributed by atoms with E-state index in [9.17, 15) is 4.79 Å². The van der Waals surface area contributed by atoms with Crippen molar-refractivity contribution >= 4 is 5.97 Å². The van der Waals surface area contributed by atoms with Gasteiger partial charge in [-0.05, 0) is 31.7 Å². The molecule has 1 fully saturated rings. The number of hydrogen-bond acceptors (Lipinski definition) is 2. The highest BCUT2D eigenvalue weighted by atomic mass is 16.5. The van der Waals surface area contributed by atoms with Gasteiger partial charge in [-0.25, -0.2) is 4.79 Å². The summed E-state index contributed by atoms with van der Waals surface area (Å²) >= 11 is 0. The number of rotatable bonds is 3. The Kier molecular flexibility index (Phi) is 4.19. The average Bonchev–Trinajstić information content (AvgIpc) is 2.40. The molecule has 0 N–H and O–H groups in total. The quantitative estimate of drug-likeness (QED) is 0.596. The lowest BCUT2D eigenvalue weighted by atomic mass is 9.81. The van der Waals surface area contributed by atoms with E-state index in [2.05, 4.69) is 18.7 Å². The van der Waals surface area contributed by atoms with Gasteiger partial charge in [-0.2, -0.15) is 0 Å². The number of esters is 1. The number of benzene rings is 1. The molecular formula is C16H20O2. The zero-order chi connectivity index (χ0) is 13.0. The summed E-state index contributed by atoms with van der Waals surface area (Å²) < 4.78 is 5.58. The summed E-state index contributed by atoms with van der Waals surface area (Å²) in [7, 11) is 0. The molecule has 0 bridgehead atoms. The van der Waals surface area contributed by atoms with Crippen LogP contribution in [0.5, 0.6) is 0 Å². The summed E-state index contributed by atoms with van der Waals surface area (Å²) in [5, 5.41) is 0. The molecule has 2 atom stereocenters. The van der Waals surface area contributed by atoms with E-state index in [0.29, 0.717) is 11.5 Å². The Morgan fingerprint density at radius 2 is 1.89 bits per heavy atom. The molecule has 1 aromatic rings. The van der Waals surface area contributed by atoms with Gasteiger partial charge in [-0.3, -0.25) is 0 Å². The minimum Gasteiger partial charge on any atom is -0.458 e. The first-order valence-electron chi connectivity index (χ1n) is 6.60. The lowest BCUT2D eigenvalue weighted by molar-refractivity contribution is -0.146. The van der Waals surface area contributed by atoms with Gasteiger partial charge >= 0.3 is 5.97 Å². The van der Waals surface area contributed by atoms with Crippen LogP contribution >= 0.6 is 0 Å². The molecule has 0 spiro atoms. The Morgan fingerprint density at radius 3 is 2.56 bits per heavy atom. The second kappa shape index (κ2) is 5.85. The normalized spacial score (nSPS) is 23.4. The molecular weight excluding hydrogens is 224 g/mol. The van der Waals surface area contributed by atoms with Crippen molar-refractivity contribution in [3.05, 3.63) is 48.0 Å². The smallest absolute Gasteiger partial charge is 0.333 e. The minimum atomic E-state index is -0.261. The van der Waals surface area contributed by atoms with Crippen molar-refractivity contribution in [1.82, 2.24) is 0 Å². The number of carbonyl (C=O) groups is 1. The van der Waals surface area contributed by atoms with E-state index < -0.39 is 0 Å². The van der Waals surface area contributed by atoms with Crippen LogP contribution in [-0.2, 0) is 9.53 Å². The first-order chi connectivity index (χ1) is 8.68. The standard InChI is InChI=1S/C16H20O2/c1-12(2)16(17)18-15-11-7-6-10-14(15)13-8-4-3-5-9-13/h3-5,8-9,14-15H,1,6-7,10-11H2,2H3/t14-,15+/m1/s1. The van der Waals surface area contributed by atoms with Gasteiger partial charge in [0.2, 0.25) is 0 Å². The molecule has 1 aromatic carbocycles. The van der Waals surface area contributed by atoms with Crippen molar-refractivity contribution in [2.24, 2.45) is 0 Å². The SMILES string of the molecule is C=C(C)C(=O)O[C@H]1CCCC[C@@H]1c1ccccc1. The fraction of sp³-hybridized carbons (Fsp3) is 0.438. The third-order valence-corrected chi connectivity index (χ3v) is 3.54. The average molecular weight is 244 g/mol. The number of ether oxygens (including phenoxy) is 1. The Bertz CT molecular complexity index is 422. The third kappa shape index (κ3) is 3.00. The summed E-state index contributed by atoms with van der Waals surface area (Å²) in [4.78, 5) is 11.7. The predicted molar refractivity (Wildman–Crippen MR) is 72.3 cm³/mol. The highest BCUT2D eigenvalue weighted by molar-refractivity contribution is 5.87.